The molecule has 0 aromatic carbocycles. The van der Waals surface area contributed by atoms with Crippen LogP contribution >= 0.6 is 0 Å². The fourth-order valence-electron chi connectivity index (χ4n) is 2.79. The Morgan fingerprint density at radius 3 is 3.10 bits per heavy atom. The smallest absolute Gasteiger partial charge is 0.269 e. The van der Waals surface area contributed by atoms with Crippen LogP contribution in [0.3, 0.4) is 0 Å². The summed E-state index contributed by atoms with van der Waals surface area (Å²) in [4.78, 5) is 22.2. The molecule has 1 amide bonds. The van der Waals surface area contributed by atoms with Crippen LogP contribution < -0.4 is 10.2 Å². The zero-order valence-electron chi connectivity index (χ0n) is 12.1. The molecule has 1 atom stereocenters. The average Bonchev–Trinajstić information content (AvgIpc) is 3.09. The molecule has 0 spiro atoms. The van der Waals surface area contributed by atoms with Gasteiger partial charge in [-0.25, -0.2) is 4.98 Å². The van der Waals surface area contributed by atoms with Crippen LogP contribution in [0.5, 0.6) is 0 Å². The van der Waals surface area contributed by atoms with Gasteiger partial charge >= 0.3 is 0 Å². The molecule has 1 fully saturated rings. The van der Waals surface area contributed by atoms with Crippen LogP contribution in [0.4, 0.5) is 5.69 Å². The number of nitrogens with zero attached hydrogens (tertiary/aromatic N) is 4. The Bertz CT molecular complexity index is 610. The second kappa shape index (κ2) is 5.95. The van der Waals surface area contributed by atoms with E-state index in [1.165, 1.54) is 0 Å². The molecule has 2 aromatic heterocycles. The van der Waals surface area contributed by atoms with E-state index in [2.05, 4.69) is 24.8 Å². The fraction of sp³-hybridized carbons (Fsp3) is 0.400. The average molecular weight is 285 g/mol. The van der Waals surface area contributed by atoms with Gasteiger partial charge in [-0.2, -0.15) is 0 Å². The van der Waals surface area contributed by atoms with Crippen molar-refractivity contribution < 1.29 is 4.79 Å². The highest BCUT2D eigenvalue weighted by Crippen LogP contribution is 2.26. The van der Waals surface area contributed by atoms with Gasteiger partial charge < -0.3 is 14.8 Å². The molecule has 0 bridgehead atoms. The van der Waals surface area contributed by atoms with Gasteiger partial charge in [-0.05, 0) is 25.0 Å². The van der Waals surface area contributed by atoms with Crippen molar-refractivity contribution >= 4 is 11.6 Å². The third-order valence-electron chi connectivity index (χ3n) is 3.91. The predicted molar refractivity (Wildman–Crippen MR) is 80.3 cm³/mol. The normalized spacial score (nSPS) is 18.5. The number of rotatable bonds is 3. The minimum Gasteiger partial charge on any atom is -0.369 e. The van der Waals surface area contributed by atoms with Gasteiger partial charge in [0.2, 0.25) is 0 Å². The standard InChI is InChI=1S/C15H19N5O/c1-16-15(21)14-9-12(4-5-18-14)19-7-2-3-13(10-19)20-8-6-17-11-20/h4-6,8-9,11,13H,2-3,7,10H2,1H3,(H,16,21). The molecule has 1 aliphatic rings. The van der Waals surface area contributed by atoms with E-state index in [-0.39, 0.29) is 5.91 Å². The summed E-state index contributed by atoms with van der Waals surface area (Å²) < 4.78 is 2.16. The van der Waals surface area contributed by atoms with Gasteiger partial charge in [-0.15, -0.1) is 0 Å². The van der Waals surface area contributed by atoms with E-state index in [0.717, 1.165) is 31.6 Å². The summed E-state index contributed by atoms with van der Waals surface area (Å²) in [5.41, 5.74) is 1.51. The van der Waals surface area contributed by atoms with E-state index in [9.17, 15) is 4.79 Å². The summed E-state index contributed by atoms with van der Waals surface area (Å²) in [5.74, 6) is -0.153. The number of anilines is 1. The maximum atomic E-state index is 11.7. The maximum Gasteiger partial charge on any atom is 0.269 e. The maximum absolute atomic E-state index is 11.7. The van der Waals surface area contributed by atoms with Crippen molar-refractivity contribution in [3.8, 4) is 0 Å². The number of hydrogen-bond acceptors (Lipinski definition) is 4. The summed E-state index contributed by atoms with van der Waals surface area (Å²) in [6.45, 7) is 1.93. The lowest BCUT2D eigenvalue weighted by molar-refractivity contribution is 0.0958. The SMILES string of the molecule is CNC(=O)c1cc(N2CCCC(n3ccnc3)C2)ccn1. The highest BCUT2D eigenvalue weighted by atomic mass is 16.1. The second-order valence-corrected chi connectivity index (χ2v) is 5.23. The van der Waals surface area contributed by atoms with Crippen LogP contribution in [-0.2, 0) is 0 Å². The lowest BCUT2D eigenvalue weighted by atomic mass is 10.0. The quantitative estimate of drug-likeness (QED) is 0.928. The molecule has 1 unspecified atom stereocenters. The van der Waals surface area contributed by atoms with Crippen molar-refractivity contribution in [2.24, 2.45) is 0 Å². The first-order valence-electron chi connectivity index (χ1n) is 7.18. The minimum atomic E-state index is -0.153. The number of piperidine rings is 1. The lowest BCUT2D eigenvalue weighted by Gasteiger charge is -2.35. The summed E-state index contributed by atoms with van der Waals surface area (Å²) in [7, 11) is 1.62. The van der Waals surface area contributed by atoms with Gasteiger partial charge in [0.15, 0.2) is 0 Å². The van der Waals surface area contributed by atoms with Gasteiger partial charge in [0.25, 0.3) is 5.91 Å². The summed E-state index contributed by atoms with van der Waals surface area (Å²) in [6, 6.07) is 4.25. The van der Waals surface area contributed by atoms with Gasteiger partial charge in [-0.3, -0.25) is 9.78 Å². The van der Waals surface area contributed by atoms with Crippen molar-refractivity contribution in [2.75, 3.05) is 25.0 Å². The van der Waals surface area contributed by atoms with Crippen molar-refractivity contribution in [3.05, 3.63) is 42.7 Å². The Balaban J connectivity index is 1.78. The Kier molecular flexibility index (Phi) is 3.85. The molecule has 6 nitrogen and oxygen atoms in total. The number of carbonyl (C=O) groups is 1. The first kappa shape index (κ1) is 13.6. The molecule has 1 N–H and O–H groups in total. The van der Waals surface area contributed by atoms with E-state index in [0.29, 0.717) is 11.7 Å². The van der Waals surface area contributed by atoms with Crippen LogP contribution in [0.25, 0.3) is 0 Å². The summed E-state index contributed by atoms with van der Waals surface area (Å²) in [5, 5.41) is 2.61. The molecule has 1 aliphatic heterocycles. The Hall–Kier alpha value is -2.37. The molecule has 6 heteroatoms. The number of imidazole rings is 1. The highest BCUT2D eigenvalue weighted by molar-refractivity contribution is 5.92. The van der Waals surface area contributed by atoms with Crippen molar-refractivity contribution in [1.29, 1.82) is 0 Å². The molecule has 0 radical (unpaired) electrons. The Labute approximate surface area is 123 Å². The van der Waals surface area contributed by atoms with E-state index in [1.807, 2.05) is 30.9 Å². The summed E-state index contributed by atoms with van der Waals surface area (Å²) in [6.07, 6.45) is 9.67. The van der Waals surface area contributed by atoms with Crippen molar-refractivity contribution in [1.82, 2.24) is 19.9 Å². The molecule has 0 aliphatic carbocycles. The Morgan fingerprint density at radius 2 is 2.33 bits per heavy atom. The van der Waals surface area contributed by atoms with Crippen molar-refractivity contribution in [3.63, 3.8) is 0 Å². The van der Waals surface area contributed by atoms with Gasteiger partial charge in [0.05, 0.1) is 12.4 Å². The first-order chi connectivity index (χ1) is 10.3. The lowest BCUT2D eigenvalue weighted by Crippen LogP contribution is -2.36. The van der Waals surface area contributed by atoms with E-state index < -0.39 is 0 Å². The van der Waals surface area contributed by atoms with E-state index in [4.69, 9.17) is 0 Å². The molecule has 1 saturated heterocycles. The Morgan fingerprint density at radius 1 is 1.43 bits per heavy atom. The van der Waals surface area contributed by atoms with Gasteiger partial charge in [0.1, 0.15) is 5.69 Å². The van der Waals surface area contributed by atoms with E-state index >= 15 is 0 Å². The van der Waals surface area contributed by atoms with Crippen LogP contribution in [0, 0.1) is 0 Å². The predicted octanol–water partition coefficient (Wildman–Crippen LogP) is 1.48. The topological polar surface area (TPSA) is 63.1 Å². The highest BCUT2D eigenvalue weighted by Gasteiger charge is 2.21. The summed E-state index contributed by atoms with van der Waals surface area (Å²) >= 11 is 0. The largest absolute Gasteiger partial charge is 0.369 e. The molecule has 3 rings (SSSR count). The number of pyridine rings is 1. The molecule has 2 aromatic rings. The monoisotopic (exact) mass is 285 g/mol. The molecule has 3 heterocycles. The first-order valence-corrected chi connectivity index (χ1v) is 7.18. The third kappa shape index (κ3) is 2.89. The molecule has 110 valence electrons. The molecule has 0 saturated carbocycles. The van der Waals surface area contributed by atoms with Gasteiger partial charge in [-0.1, -0.05) is 0 Å². The number of hydrogen-bond donors (Lipinski definition) is 1. The number of aromatic nitrogens is 3. The molecule has 21 heavy (non-hydrogen) atoms. The fourth-order valence-corrected chi connectivity index (χ4v) is 2.79. The number of amides is 1. The van der Waals surface area contributed by atoms with Crippen LogP contribution in [-0.4, -0.2) is 40.6 Å². The van der Waals surface area contributed by atoms with Crippen LogP contribution in [0.15, 0.2) is 37.1 Å². The van der Waals surface area contributed by atoms with Gasteiger partial charge in [0, 0.05) is 44.4 Å². The number of carbonyl (C=O) groups excluding carboxylic acids is 1. The molecular weight excluding hydrogens is 266 g/mol. The zero-order chi connectivity index (χ0) is 14.7. The zero-order valence-corrected chi connectivity index (χ0v) is 12.1. The second-order valence-electron chi connectivity index (χ2n) is 5.23. The minimum absolute atomic E-state index is 0.153. The number of nitrogens with one attached hydrogen (secondary N) is 1. The van der Waals surface area contributed by atoms with E-state index in [1.54, 1.807) is 13.2 Å². The van der Waals surface area contributed by atoms with Crippen LogP contribution in [0.1, 0.15) is 29.4 Å². The molecular formula is C15H19N5O. The van der Waals surface area contributed by atoms with Crippen LogP contribution in [0.2, 0.25) is 0 Å². The van der Waals surface area contributed by atoms with Crippen molar-refractivity contribution in [2.45, 2.75) is 18.9 Å². The third-order valence-corrected chi connectivity index (χ3v) is 3.91.